The zero-order valence-corrected chi connectivity index (χ0v) is 16.3. The number of aromatic nitrogens is 2. The zero-order valence-electron chi connectivity index (χ0n) is 16.3. The van der Waals surface area contributed by atoms with Crippen molar-refractivity contribution in [1.29, 1.82) is 0 Å². The Morgan fingerprint density at radius 2 is 1.43 bits per heavy atom. The smallest absolute Gasteiger partial charge is 0.0983 e. The van der Waals surface area contributed by atoms with Gasteiger partial charge in [0.05, 0.1) is 22.4 Å². The van der Waals surface area contributed by atoms with Crippen LogP contribution in [0.4, 0.5) is 5.69 Å². The summed E-state index contributed by atoms with van der Waals surface area (Å²) in [4.78, 5) is 14.4. The lowest BCUT2D eigenvalue weighted by Crippen LogP contribution is -2.01. The van der Waals surface area contributed by atoms with Gasteiger partial charge in [-0.1, -0.05) is 42.5 Å². The second-order valence-electron chi connectivity index (χ2n) is 8.07. The predicted octanol–water partition coefficient (Wildman–Crippen LogP) is 6.03. The first-order valence-corrected chi connectivity index (χ1v) is 10.3. The Labute approximate surface area is 173 Å². The molecule has 30 heavy (non-hydrogen) atoms. The number of benzene rings is 3. The van der Waals surface area contributed by atoms with Crippen LogP contribution in [0.2, 0.25) is 0 Å². The van der Waals surface area contributed by atoms with Crippen LogP contribution in [0.5, 0.6) is 0 Å². The molecule has 0 radical (unpaired) electrons. The summed E-state index contributed by atoms with van der Waals surface area (Å²) >= 11 is 0. The highest BCUT2D eigenvalue weighted by Gasteiger charge is 2.25. The lowest BCUT2D eigenvalue weighted by molar-refractivity contribution is 1.26. The second kappa shape index (κ2) is 5.83. The monoisotopic (exact) mass is 383 g/mol. The van der Waals surface area contributed by atoms with E-state index in [9.17, 15) is 0 Å². The van der Waals surface area contributed by atoms with E-state index in [2.05, 4.69) is 64.6 Å². The fourth-order valence-corrected chi connectivity index (χ4v) is 5.05. The number of hydrogen-bond donors (Lipinski definition) is 0. The number of nitrogens with zero attached hydrogens (tertiary/aromatic N) is 3. The summed E-state index contributed by atoms with van der Waals surface area (Å²) < 4.78 is 0. The highest BCUT2D eigenvalue weighted by atomic mass is 14.8. The Morgan fingerprint density at radius 3 is 2.37 bits per heavy atom. The van der Waals surface area contributed by atoms with Crippen molar-refractivity contribution < 1.29 is 0 Å². The van der Waals surface area contributed by atoms with Crippen LogP contribution < -0.4 is 0 Å². The maximum Gasteiger partial charge on any atom is 0.0983 e. The third kappa shape index (κ3) is 2.12. The molecule has 0 N–H and O–H groups in total. The SMILES string of the molecule is c1ccc2c(c1)Cc1cc(C3=Nc4c(c5cccnc5c5cccnc45)C3)ccc1-2. The fraction of sp³-hybridized carbons (Fsp3) is 0.0741. The highest BCUT2D eigenvalue weighted by Crippen LogP contribution is 2.42. The van der Waals surface area contributed by atoms with Gasteiger partial charge in [0.1, 0.15) is 0 Å². The van der Waals surface area contributed by atoms with E-state index in [0.717, 1.165) is 40.7 Å². The molecule has 0 unspecified atom stereocenters. The Balaban J connectivity index is 1.40. The lowest BCUT2D eigenvalue weighted by Gasteiger charge is -2.08. The largest absolute Gasteiger partial charge is 0.256 e. The van der Waals surface area contributed by atoms with Gasteiger partial charge in [0.15, 0.2) is 0 Å². The summed E-state index contributed by atoms with van der Waals surface area (Å²) in [5.74, 6) is 0. The van der Waals surface area contributed by atoms with Gasteiger partial charge in [0.25, 0.3) is 0 Å². The van der Waals surface area contributed by atoms with Gasteiger partial charge in [0.2, 0.25) is 0 Å². The number of rotatable bonds is 1. The van der Waals surface area contributed by atoms with E-state index < -0.39 is 0 Å². The van der Waals surface area contributed by atoms with E-state index in [-0.39, 0.29) is 0 Å². The second-order valence-corrected chi connectivity index (χ2v) is 8.07. The van der Waals surface area contributed by atoms with Crippen LogP contribution in [-0.4, -0.2) is 15.7 Å². The van der Waals surface area contributed by atoms with Crippen LogP contribution in [0.1, 0.15) is 22.3 Å². The molecular formula is C27H17N3. The quantitative estimate of drug-likeness (QED) is 0.325. The van der Waals surface area contributed by atoms with Crippen LogP contribution in [0.15, 0.2) is 84.1 Å². The molecule has 0 amide bonds. The van der Waals surface area contributed by atoms with Crippen LogP contribution in [0, 0.1) is 0 Å². The molecule has 3 aromatic carbocycles. The molecule has 1 aliphatic heterocycles. The van der Waals surface area contributed by atoms with Crippen molar-refractivity contribution in [2.75, 3.05) is 0 Å². The summed E-state index contributed by atoms with van der Waals surface area (Å²) in [5, 5.41) is 2.25. The van der Waals surface area contributed by atoms with Gasteiger partial charge in [-0.05, 0) is 64.1 Å². The molecular weight excluding hydrogens is 366 g/mol. The minimum atomic E-state index is 0.815. The molecule has 0 atom stereocenters. The number of fused-ring (bicyclic) bond motifs is 9. The number of hydrogen-bond acceptors (Lipinski definition) is 3. The van der Waals surface area contributed by atoms with Crippen molar-refractivity contribution in [3.63, 3.8) is 0 Å². The molecule has 0 fully saturated rings. The van der Waals surface area contributed by atoms with E-state index in [1.165, 1.54) is 38.8 Å². The van der Waals surface area contributed by atoms with Gasteiger partial charge in [-0.25, -0.2) is 4.99 Å². The van der Waals surface area contributed by atoms with Crippen molar-refractivity contribution >= 4 is 33.2 Å². The van der Waals surface area contributed by atoms with Crippen molar-refractivity contribution in [3.8, 4) is 11.1 Å². The van der Waals surface area contributed by atoms with Gasteiger partial charge in [-0.15, -0.1) is 0 Å². The molecule has 1 aliphatic carbocycles. The van der Waals surface area contributed by atoms with Gasteiger partial charge in [0, 0.05) is 29.6 Å². The van der Waals surface area contributed by atoms with E-state index in [1.54, 1.807) is 0 Å². The summed E-state index contributed by atoms with van der Waals surface area (Å²) in [7, 11) is 0. The molecule has 3 heteroatoms. The molecule has 140 valence electrons. The topological polar surface area (TPSA) is 38.1 Å². The fourth-order valence-electron chi connectivity index (χ4n) is 5.05. The standard InChI is InChI=1S/C27H17N3/c1-2-6-19-16(5-1)13-18-14-17(9-10-20(18)19)24-15-23-21-7-3-11-28-25(21)22-8-4-12-29-26(22)27(23)30-24/h1-12,14H,13,15H2. The molecule has 7 rings (SSSR count). The first kappa shape index (κ1) is 16.0. The van der Waals surface area contributed by atoms with Gasteiger partial charge in [-0.3, -0.25) is 9.97 Å². The van der Waals surface area contributed by atoms with E-state index in [4.69, 9.17) is 4.99 Å². The first-order chi connectivity index (χ1) is 14.9. The first-order valence-electron chi connectivity index (χ1n) is 10.3. The number of pyridine rings is 2. The molecule has 2 aromatic heterocycles. The Kier molecular flexibility index (Phi) is 3.11. The maximum absolute atomic E-state index is 5.10. The van der Waals surface area contributed by atoms with Crippen LogP contribution in [0.25, 0.3) is 32.9 Å². The minimum Gasteiger partial charge on any atom is -0.256 e. The van der Waals surface area contributed by atoms with E-state index >= 15 is 0 Å². The Morgan fingerprint density at radius 1 is 0.633 bits per heavy atom. The van der Waals surface area contributed by atoms with Gasteiger partial charge < -0.3 is 0 Å². The van der Waals surface area contributed by atoms with E-state index in [1.807, 2.05) is 24.5 Å². The average molecular weight is 383 g/mol. The van der Waals surface area contributed by atoms with Crippen molar-refractivity contribution in [2.24, 2.45) is 4.99 Å². The molecule has 3 heterocycles. The molecule has 0 saturated carbocycles. The summed E-state index contributed by atoms with van der Waals surface area (Å²) in [6.45, 7) is 0. The van der Waals surface area contributed by atoms with Crippen molar-refractivity contribution in [2.45, 2.75) is 12.8 Å². The maximum atomic E-state index is 5.10. The van der Waals surface area contributed by atoms with Crippen molar-refractivity contribution in [3.05, 3.63) is 101 Å². The van der Waals surface area contributed by atoms with Crippen LogP contribution in [0.3, 0.4) is 0 Å². The van der Waals surface area contributed by atoms with Crippen LogP contribution >= 0.6 is 0 Å². The Hall–Kier alpha value is -3.85. The molecule has 0 saturated heterocycles. The molecule has 0 spiro atoms. The third-order valence-corrected chi connectivity index (χ3v) is 6.42. The van der Waals surface area contributed by atoms with E-state index in [0.29, 0.717) is 0 Å². The third-order valence-electron chi connectivity index (χ3n) is 6.42. The molecule has 2 aliphatic rings. The summed E-state index contributed by atoms with van der Waals surface area (Å²) in [6.07, 6.45) is 5.51. The Bertz CT molecular complexity index is 1550. The highest BCUT2D eigenvalue weighted by molar-refractivity contribution is 6.18. The molecule has 0 bridgehead atoms. The molecule has 3 nitrogen and oxygen atoms in total. The van der Waals surface area contributed by atoms with Gasteiger partial charge >= 0.3 is 0 Å². The zero-order chi connectivity index (χ0) is 19.7. The average Bonchev–Trinajstić information content (AvgIpc) is 3.41. The molecule has 5 aromatic rings. The normalized spacial score (nSPS) is 13.9. The summed E-state index contributed by atoms with van der Waals surface area (Å²) in [6, 6.07) is 23.8. The van der Waals surface area contributed by atoms with Gasteiger partial charge in [-0.2, -0.15) is 0 Å². The van der Waals surface area contributed by atoms with Crippen LogP contribution in [-0.2, 0) is 12.8 Å². The summed E-state index contributed by atoms with van der Waals surface area (Å²) in [5.41, 5.74) is 12.0. The lowest BCUT2D eigenvalue weighted by atomic mass is 9.96. The predicted molar refractivity (Wildman–Crippen MR) is 122 cm³/mol. The van der Waals surface area contributed by atoms with Crippen molar-refractivity contribution in [1.82, 2.24) is 9.97 Å². The minimum absolute atomic E-state index is 0.815. The number of aliphatic imine (C=N–C) groups is 1.